The SMILES string of the molecule is CCOc1ccc(CN(N)/N=C(\N)c2ccc(SNCCO)cc2)cc1. The molecule has 0 aliphatic heterocycles. The largest absolute Gasteiger partial charge is 0.494 e. The summed E-state index contributed by atoms with van der Waals surface area (Å²) in [6.07, 6.45) is 0. The van der Waals surface area contributed by atoms with Crippen LogP contribution in [0.2, 0.25) is 0 Å². The Hall–Kier alpha value is -2.26. The second-order valence-electron chi connectivity index (χ2n) is 5.40. The fraction of sp³-hybridized carbons (Fsp3) is 0.278. The van der Waals surface area contributed by atoms with Crippen molar-refractivity contribution in [1.29, 1.82) is 0 Å². The van der Waals surface area contributed by atoms with Crippen LogP contribution in [0.15, 0.2) is 58.5 Å². The number of aliphatic hydroxyl groups is 1. The molecule has 8 heteroatoms. The van der Waals surface area contributed by atoms with Crippen molar-refractivity contribution in [2.45, 2.75) is 18.4 Å². The standard InChI is InChI=1S/C18H25N5O2S/c1-2-25-16-7-3-14(4-8-16)13-23(20)22-18(19)15-5-9-17(10-6-15)26-21-11-12-24/h3-10,21,24H,2,11-13,20H2,1H3,(H2,19,22). The molecule has 0 saturated carbocycles. The number of hydrogen-bond donors (Lipinski definition) is 4. The Morgan fingerprint density at radius 3 is 2.50 bits per heavy atom. The van der Waals surface area contributed by atoms with E-state index in [1.54, 1.807) is 0 Å². The highest BCUT2D eigenvalue weighted by atomic mass is 32.2. The highest BCUT2D eigenvalue weighted by Crippen LogP contribution is 2.15. The van der Waals surface area contributed by atoms with Crippen molar-refractivity contribution < 1.29 is 9.84 Å². The van der Waals surface area contributed by atoms with E-state index in [1.165, 1.54) is 17.1 Å². The molecule has 0 atom stereocenters. The lowest BCUT2D eigenvalue weighted by Gasteiger charge is -2.14. The van der Waals surface area contributed by atoms with Gasteiger partial charge in [-0.1, -0.05) is 24.3 Å². The number of nitrogens with two attached hydrogens (primary N) is 2. The summed E-state index contributed by atoms with van der Waals surface area (Å²) in [4.78, 5) is 1.02. The lowest BCUT2D eigenvalue weighted by Crippen LogP contribution is -2.29. The fourth-order valence-corrected chi connectivity index (χ4v) is 2.78. The van der Waals surface area contributed by atoms with Crippen molar-refractivity contribution >= 4 is 17.8 Å². The van der Waals surface area contributed by atoms with Gasteiger partial charge in [0.15, 0.2) is 5.84 Å². The summed E-state index contributed by atoms with van der Waals surface area (Å²) in [5, 5.41) is 14.3. The van der Waals surface area contributed by atoms with E-state index in [0.717, 1.165) is 21.8 Å². The Balaban J connectivity index is 1.92. The Bertz CT molecular complexity index is 692. The molecule has 6 N–H and O–H groups in total. The summed E-state index contributed by atoms with van der Waals surface area (Å²) in [7, 11) is 0. The van der Waals surface area contributed by atoms with E-state index >= 15 is 0 Å². The summed E-state index contributed by atoms with van der Waals surface area (Å²) in [5.41, 5.74) is 7.84. The number of nitrogens with one attached hydrogen (secondary N) is 1. The topological polar surface area (TPSA) is 109 Å². The zero-order valence-corrected chi connectivity index (χ0v) is 15.6. The Kier molecular flexibility index (Phi) is 8.23. The van der Waals surface area contributed by atoms with Gasteiger partial charge in [-0.05, 0) is 48.7 Å². The number of benzene rings is 2. The van der Waals surface area contributed by atoms with Crippen LogP contribution < -0.4 is 21.0 Å². The van der Waals surface area contributed by atoms with Crippen LogP contribution in [-0.4, -0.2) is 35.8 Å². The molecule has 0 aromatic heterocycles. The maximum atomic E-state index is 8.76. The van der Waals surface area contributed by atoms with Gasteiger partial charge in [0.2, 0.25) is 0 Å². The second-order valence-corrected chi connectivity index (χ2v) is 6.37. The zero-order valence-electron chi connectivity index (χ0n) is 14.8. The van der Waals surface area contributed by atoms with Gasteiger partial charge in [-0.2, -0.15) is 0 Å². The van der Waals surface area contributed by atoms with E-state index < -0.39 is 0 Å². The first-order chi connectivity index (χ1) is 12.6. The van der Waals surface area contributed by atoms with Gasteiger partial charge in [-0.15, -0.1) is 5.10 Å². The molecular weight excluding hydrogens is 350 g/mol. The van der Waals surface area contributed by atoms with Crippen molar-refractivity contribution in [2.75, 3.05) is 19.8 Å². The van der Waals surface area contributed by atoms with Gasteiger partial charge < -0.3 is 15.6 Å². The summed E-state index contributed by atoms with van der Waals surface area (Å²) < 4.78 is 8.46. The number of hydrazone groups is 1. The van der Waals surface area contributed by atoms with E-state index in [1.807, 2.05) is 55.5 Å². The van der Waals surface area contributed by atoms with Crippen LogP contribution in [0.3, 0.4) is 0 Å². The van der Waals surface area contributed by atoms with Crippen LogP contribution in [0.25, 0.3) is 0 Å². The average molecular weight is 375 g/mol. The molecule has 2 aromatic rings. The van der Waals surface area contributed by atoms with Crippen LogP contribution in [0, 0.1) is 0 Å². The minimum Gasteiger partial charge on any atom is -0.494 e. The third kappa shape index (κ3) is 6.57. The van der Waals surface area contributed by atoms with Crippen molar-refractivity contribution in [1.82, 2.24) is 9.84 Å². The van der Waals surface area contributed by atoms with E-state index in [9.17, 15) is 0 Å². The smallest absolute Gasteiger partial charge is 0.152 e. The van der Waals surface area contributed by atoms with Gasteiger partial charge in [0.25, 0.3) is 0 Å². The monoisotopic (exact) mass is 375 g/mol. The van der Waals surface area contributed by atoms with Crippen LogP contribution in [0.1, 0.15) is 18.1 Å². The van der Waals surface area contributed by atoms with E-state index in [-0.39, 0.29) is 6.61 Å². The number of aliphatic hydroxyl groups excluding tert-OH is 1. The zero-order chi connectivity index (χ0) is 18.8. The normalized spacial score (nSPS) is 11.4. The summed E-state index contributed by atoms with van der Waals surface area (Å²) in [6, 6.07) is 15.3. The molecule has 0 unspecified atom stereocenters. The van der Waals surface area contributed by atoms with Gasteiger partial charge in [-0.25, -0.2) is 11.0 Å². The number of hydrazine groups is 1. The number of amidine groups is 1. The maximum absolute atomic E-state index is 8.76. The molecule has 0 fully saturated rings. The third-order valence-corrected chi connectivity index (χ3v) is 4.23. The second kappa shape index (κ2) is 10.7. The molecule has 0 aliphatic carbocycles. The molecule has 2 aromatic carbocycles. The Morgan fingerprint density at radius 2 is 1.88 bits per heavy atom. The number of ether oxygens (including phenoxy) is 1. The molecule has 7 nitrogen and oxygen atoms in total. The molecule has 0 amide bonds. The molecule has 140 valence electrons. The van der Waals surface area contributed by atoms with Gasteiger partial charge >= 0.3 is 0 Å². The molecule has 0 saturated heterocycles. The Morgan fingerprint density at radius 1 is 1.19 bits per heavy atom. The van der Waals surface area contributed by atoms with E-state index in [2.05, 4.69) is 9.82 Å². The Labute approximate surface area is 158 Å². The number of nitrogens with zero attached hydrogens (tertiary/aromatic N) is 2. The minimum atomic E-state index is 0.103. The molecule has 0 aliphatic rings. The molecule has 0 spiro atoms. The molecule has 0 heterocycles. The summed E-state index contributed by atoms with van der Waals surface area (Å²) in [5.74, 6) is 7.12. The predicted molar refractivity (Wildman–Crippen MR) is 105 cm³/mol. The van der Waals surface area contributed by atoms with Crippen molar-refractivity contribution in [2.24, 2.45) is 16.7 Å². The fourth-order valence-electron chi connectivity index (χ4n) is 2.15. The van der Waals surface area contributed by atoms with Crippen molar-refractivity contribution in [3.05, 3.63) is 59.7 Å². The van der Waals surface area contributed by atoms with Gasteiger partial charge in [-0.3, -0.25) is 4.72 Å². The van der Waals surface area contributed by atoms with Crippen LogP contribution in [0.5, 0.6) is 5.75 Å². The van der Waals surface area contributed by atoms with Crippen LogP contribution in [-0.2, 0) is 6.54 Å². The van der Waals surface area contributed by atoms with E-state index in [0.29, 0.717) is 25.5 Å². The maximum Gasteiger partial charge on any atom is 0.152 e. The lowest BCUT2D eigenvalue weighted by atomic mass is 10.2. The van der Waals surface area contributed by atoms with Gasteiger partial charge in [0, 0.05) is 17.0 Å². The average Bonchev–Trinajstić information content (AvgIpc) is 2.64. The van der Waals surface area contributed by atoms with Gasteiger partial charge in [0.05, 0.1) is 19.8 Å². The minimum absolute atomic E-state index is 0.103. The molecule has 0 radical (unpaired) electrons. The predicted octanol–water partition coefficient (Wildman–Crippen LogP) is 1.67. The molecule has 2 rings (SSSR count). The van der Waals surface area contributed by atoms with Crippen LogP contribution >= 0.6 is 11.9 Å². The quantitative estimate of drug-likeness (QED) is 0.125. The first kappa shape index (κ1) is 20.1. The highest BCUT2D eigenvalue weighted by molar-refractivity contribution is 7.97. The van der Waals surface area contributed by atoms with Crippen molar-refractivity contribution in [3.8, 4) is 5.75 Å². The summed E-state index contributed by atoms with van der Waals surface area (Å²) in [6.45, 7) is 3.66. The molecular formula is C18H25N5O2S. The first-order valence-electron chi connectivity index (χ1n) is 8.31. The lowest BCUT2D eigenvalue weighted by molar-refractivity contribution is 0.290. The summed E-state index contributed by atoms with van der Waals surface area (Å²) >= 11 is 1.45. The van der Waals surface area contributed by atoms with Crippen LogP contribution in [0.4, 0.5) is 0 Å². The van der Waals surface area contributed by atoms with Crippen molar-refractivity contribution in [3.63, 3.8) is 0 Å². The highest BCUT2D eigenvalue weighted by Gasteiger charge is 2.04. The van der Waals surface area contributed by atoms with E-state index in [4.69, 9.17) is 21.4 Å². The van der Waals surface area contributed by atoms with Gasteiger partial charge in [0.1, 0.15) is 5.75 Å². The molecule has 26 heavy (non-hydrogen) atoms. The number of hydrogen-bond acceptors (Lipinski definition) is 7. The molecule has 0 bridgehead atoms. The number of rotatable bonds is 10. The first-order valence-corrected chi connectivity index (χ1v) is 9.13. The third-order valence-electron chi connectivity index (χ3n) is 3.37.